The van der Waals surface area contributed by atoms with E-state index < -0.39 is 0 Å². The van der Waals surface area contributed by atoms with Gasteiger partial charge in [0.05, 0.1) is 30.4 Å². The third-order valence-electron chi connectivity index (χ3n) is 7.35. The number of benzene rings is 2. The lowest BCUT2D eigenvalue weighted by atomic mass is 10.1. The number of ether oxygens (including phenoxy) is 4. The Morgan fingerprint density at radius 1 is 0.600 bits per heavy atom. The van der Waals surface area contributed by atoms with Crippen molar-refractivity contribution in [1.82, 2.24) is 9.97 Å². The second-order valence-corrected chi connectivity index (χ2v) is 23.0. The van der Waals surface area contributed by atoms with Gasteiger partial charge >= 0.3 is 0 Å². The maximum Gasteiger partial charge on any atom is 0.157 e. The fraction of sp³-hybridized carbons (Fsp3) is 0.533. The zero-order valence-corrected chi connectivity index (χ0v) is 36.4. The van der Waals surface area contributed by atoms with E-state index in [2.05, 4.69) is 48.5 Å². The summed E-state index contributed by atoms with van der Waals surface area (Å²) in [5, 5.41) is 2.38. The molecule has 0 saturated carbocycles. The number of rotatable bonds is 22. The highest BCUT2D eigenvalue weighted by Gasteiger charge is 2.32. The van der Waals surface area contributed by atoms with Crippen molar-refractivity contribution in [3.8, 4) is 0 Å². The van der Waals surface area contributed by atoms with E-state index in [4.69, 9.17) is 28.9 Å². The summed E-state index contributed by atoms with van der Waals surface area (Å²) in [4.78, 5) is 10.1. The van der Waals surface area contributed by atoms with Crippen LogP contribution in [0, 0.1) is 0 Å². The zero-order valence-electron chi connectivity index (χ0n) is 26.7. The third kappa shape index (κ3) is 11.1. The Morgan fingerprint density at radius 2 is 0.978 bits per heavy atom. The third-order valence-corrected chi connectivity index (χ3v) is 21.1. The van der Waals surface area contributed by atoms with Gasteiger partial charge in [0.1, 0.15) is 0 Å². The Labute approximate surface area is 300 Å². The number of hydrogen-bond donors (Lipinski definition) is 0. The Bertz CT molecular complexity index is 1230. The van der Waals surface area contributed by atoms with E-state index in [-0.39, 0.29) is 24.4 Å². The summed E-state index contributed by atoms with van der Waals surface area (Å²) in [7, 11) is 11.3. The van der Waals surface area contributed by atoms with E-state index in [1.54, 1.807) is 0 Å². The van der Waals surface area contributed by atoms with Crippen LogP contribution >= 0.6 is 73.7 Å². The van der Waals surface area contributed by atoms with Crippen LogP contribution in [0.5, 0.6) is 0 Å². The second-order valence-electron chi connectivity index (χ2n) is 10.3. The van der Waals surface area contributed by atoms with Gasteiger partial charge in [-0.25, -0.2) is 9.97 Å². The zero-order chi connectivity index (χ0) is 32.0. The quantitative estimate of drug-likeness (QED) is 0.0336. The first-order valence-electron chi connectivity index (χ1n) is 15.4. The minimum absolute atomic E-state index is 0.186. The monoisotopic (exact) mass is 776 g/mol. The van der Waals surface area contributed by atoms with E-state index in [0.29, 0.717) is 37.5 Å². The molecule has 0 saturated heterocycles. The lowest BCUT2D eigenvalue weighted by Gasteiger charge is -2.29. The lowest BCUT2D eigenvalue weighted by molar-refractivity contribution is -0.140. The molecule has 0 fully saturated rings. The van der Waals surface area contributed by atoms with Gasteiger partial charge in [-0.15, -0.1) is 22.7 Å². The molecule has 2 heterocycles. The first-order valence-corrected chi connectivity index (χ1v) is 25.8. The van der Waals surface area contributed by atoms with Crippen LogP contribution in [0.2, 0.25) is 11.1 Å². The fourth-order valence-corrected chi connectivity index (χ4v) is 20.0. The van der Waals surface area contributed by atoms with Gasteiger partial charge in [-0.3, -0.25) is 0 Å². The van der Waals surface area contributed by atoms with Crippen LogP contribution in [0.1, 0.15) is 49.5 Å². The van der Waals surface area contributed by atoms with Gasteiger partial charge in [-0.05, 0) is 81.4 Å². The minimum Gasteiger partial charge on any atom is -0.353 e. The number of nitrogens with zero attached hydrogens (tertiary/aromatic N) is 2. The molecule has 45 heavy (non-hydrogen) atoms. The van der Waals surface area contributed by atoms with Gasteiger partial charge < -0.3 is 18.9 Å². The molecule has 0 aliphatic rings. The maximum atomic E-state index is 6.07. The minimum atomic E-state index is -0.186. The Hall–Kier alpha value is 0.244. The van der Waals surface area contributed by atoms with Gasteiger partial charge in [-0.2, -0.15) is 0 Å². The average molecular weight is 777 g/mol. The van der Waals surface area contributed by atoms with Gasteiger partial charge in [0.25, 0.3) is 0 Å². The van der Waals surface area contributed by atoms with Crippen molar-refractivity contribution in [2.75, 3.05) is 37.9 Å². The van der Waals surface area contributed by atoms with E-state index in [1.165, 1.54) is 19.4 Å². The number of fused-ring (bicyclic) bond motifs is 2. The Morgan fingerprint density at radius 3 is 1.33 bits per heavy atom. The van der Waals surface area contributed by atoms with Crippen molar-refractivity contribution in [2.24, 2.45) is 0 Å². The number of aromatic nitrogens is 2. The van der Waals surface area contributed by atoms with Gasteiger partial charge in [0.2, 0.25) is 0 Å². The topological polar surface area (TPSA) is 62.7 Å². The van der Waals surface area contributed by atoms with Gasteiger partial charge in [-0.1, -0.05) is 45.9 Å². The summed E-state index contributed by atoms with van der Waals surface area (Å²) in [6.45, 7) is 10.8. The molecule has 0 aliphatic heterocycles. The molecular weight excluding hydrogens is 733 g/mol. The van der Waals surface area contributed by atoms with E-state index in [1.807, 2.05) is 101 Å². The molecule has 0 N–H and O–H groups in total. The second kappa shape index (κ2) is 20.7. The summed E-state index contributed by atoms with van der Waals surface area (Å²) in [6, 6.07) is 16.9. The summed E-state index contributed by atoms with van der Waals surface area (Å²) in [5.74, 6) is 2.51. The number of hydrogen-bond acceptors (Lipinski definition) is 13. The van der Waals surface area contributed by atoms with Crippen molar-refractivity contribution in [2.45, 2.75) is 63.2 Å². The molecule has 2 aromatic carbocycles. The Kier molecular flexibility index (Phi) is 17.5. The summed E-state index contributed by atoms with van der Waals surface area (Å²) in [6.07, 6.45) is -0.372. The van der Waals surface area contributed by atoms with Gasteiger partial charge in [0.15, 0.2) is 12.6 Å². The molecule has 4 aromatic rings. The maximum absolute atomic E-state index is 6.07. The number of para-hydroxylation sites is 2. The average Bonchev–Trinajstić information content (AvgIpc) is 3.68. The Balaban J connectivity index is 1.36. The van der Waals surface area contributed by atoms with Crippen LogP contribution in [0.25, 0.3) is 20.4 Å². The molecular formula is C30H44N2O4S7Si2. The SMILES string of the molecule is CCOC(OCC)C([SiH3])C(CSSSSSCC(c1nc2ccccc2s1)C([SiH3])C(OCC)OCC)c1nc2ccccc2s1. The van der Waals surface area contributed by atoms with Crippen molar-refractivity contribution in [1.29, 1.82) is 0 Å². The van der Waals surface area contributed by atoms with Crippen LogP contribution in [-0.4, -0.2) is 81.0 Å². The fourth-order valence-electron chi connectivity index (χ4n) is 4.99. The van der Waals surface area contributed by atoms with E-state index in [9.17, 15) is 0 Å². The van der Waals surface area contributed by atoms with E-state index in [0.717, 1.165) is 43.0 Å². The van der Waals surface area contributed by atoms with Crippen molar-refractivity contribution in [3.05, 3.63) is 58.5 Å². The van der Waals surface area contributed by atoms with Crippen LogP contribution < -0.4 is 0 Å². The molecule has 4 atom stereocenters. The van der Waals surface area contributed by atoms with Crippen molar-refractivity contribution >= 4 is 115 Å². The van der Waals surface area contributed by atoms with E-state index >= 15 is 0 Å². The van der Waals surface area contributed by atoms with Crippen LogP contribution in [-0.2, 0) is 18.9 Å². The summed E-state index contributed by atoms with van der Waals surface area (Å²) in [5.41, 5.74) is 2.79. The number of thiazole rings is 2. The molecule has 2 aromatic heterocycles. The van der Waals surface area contributed by atoms with Crippen LogP contribution in [0.3, 0.4) is 0 Å². The molecule has 0 aliphatic carbocycles. The highest BCUT2D eigenvalue weighted by atomic mass is 33.8. The lowest BCUT2D eigenvalue weighted by Crippen LogP contribution is -2.29. The normalized spacial score (nSPS) is 15.1. The molecule has 15 heteroatoms. The molecule has 4 rings (SSSR count). The molecule has 0 amide bonds. The van der Waals surface area contributed by atoms with Crippen LogP contribution in [0.4, 0.5) is 0 Å². The summed E-state index contributed by atoms with van der Waals surface area (Å²) >= 11 is 3.63. The highest BCUT2D eigenvalue weighted by Crippen LogP contribution is 2.52. The molecule has 6 nitrogen and oxygen atoms in total. The van der Waals surface area contributed by atoms with Crippen LogP contribution in [0.15, 0.2) is 48.5 Å². The van der Waals surface area contributed by atoms with Crippen molar-refractivity contribution in [3.63, 3.8) is 0 Å². The predicted molar refractivity (Wildman–Crippen MR) is 214 cm³/mol. The molecule has 0 spiro atoms. The standard InChI is InChI=1S/C30H44N2O4S7Si2/c1-5-33-29(34-6-2)25(44)19(27-31-21-13-9-11-15-23(21)39-27)17-37-41-43-42-38-18-20(26(45)30(35-7-3)36-8-4)28-32-22-14-10-12-16-24(22)40-28/h9-16,19-20,25-26,29-30H,5-8,17-18H2,1-4,44-45H3. The highest BCUT2D eigenvalue weighted by molar-refractivity contribution is 9.35. The van der Waals surface area contributed by atoms with Gasteiger partial charge in [0, 0.05) is 81.3 Å². The smallest absolute Gasteiger partial charge is 0.157 e. The first kappa shape index (κ1) is 38.1. The predicted octanol–water partition coefficient (Wildman–Crippen LogP) is 8.21. The molecule has 0 bridgehead atoms. The first-order chi connectivity index (χ1) is 22.0. The summed E-state index contributed by atoms with van der Waals surface area (Å²) < 4.78 is 26.7. The molecule has 4 unspecified atom stereocenters. The molecule has 0 radical (unpaired) electrons. The largest absolute Gasteiger partial charge is 0.353 e. The molecule has 248 valence electrons. The van der Waals surface area contributed by atoms with Crippen molar-refractivity contribution < 1.29 is 18.9 Å².